The molecule has 0 aliphatic rings. The minimum absolute atomic E-state index is 0.398. The second-order valence-electron chi connectivity index (χ2n) is 4.16. The molecule has 0 aromatic rings. The molecule has 0 aromatic carbocycles. The number of unbranched alkanes of at least 4 members (excludes halogenated alkanes) is 2. The van der Waals surface area contributed by atoms with E-state index in [-0.39, 0.29) is 0 Å². The molecular weight excluding hydrogens is 148 g/mol. The minimum Gasteiger partial charge on any atom is -0.379 e. The summed E-state index contributed by atoms with van der Waals surface area (Å²) in [5.41, 5.74) is 0. The van der Waals surface area contributed by atoms with Crippen molar-refractivity contribution in [3.63, 3.8) is 0 Å². The van der Waals surface area contributed by atoms with Gasteiger partial charge in [0.1, 0.15) is 0 Å². The third kappa shape index (κ3) is 9.96. The van der Waals surface area contributed by atoms with E-state index in [4.69, 9.17) is 4.74 Å². The summed E-state index contributed by atoms with van der Waals surface area (Å²) in [7, 11) is 0. The molecule has 0 aliphatic heterocycles. The monoisotopic (exact) mass is 172 g/mol. The Bertz CT molecular complexity index is 75.0. The van der Waals surface area contributed by atoms with Crippen molar-refractivity contribution in [1.82, 2.24) is 0 Å². The average molecular weight is 172 g/mol. The summed E-state index contributed by atoms with van der Waals surface area (Å²) >= 11 is 0. The molecule has 0 spiro atoms. The predicted molar refractivity (Wildman–Crippen MR) is 54.4 cm³/mol. The van der Waals surface area contributed by atoms with Crippen LogP contribution in [-0.2, 0) is 4.74 Å². The minimum atomic E-state index is 0.398. The average Bonchev–Trinajstić information content (AvgIpc) is 1.95. The Morgan fingerprint density at radius 1 is 0.917 bits per heavy atom. The van der Waals surface area contributed by atoms with Gasteiger partial charge in [0.2, 0.25) is 0 Å². The largest absolute Gasteiger partial charge is 0.379 e. The van der Waals surface area contributed by atoms with Gasteiger partial charge in [0.25, 0.3) is 0 Å². The molecular formula is C11H24O. The third-order valence-electron chi connectivity index (χ3n) is 1.88. The van der Waals surface area contributed by atoms with E-state index in [0.29, 0.717) is 6.10 Å². The first-order valence-corrected chi connectivity index (χ1v) is 5.24. The Balaban J connectivity index is 2.91. The lowest BCUT2D eigenvalue weighted by molar-refractivity contribution is 0.0755. The van der Waals surface area contributed by atoms with Gasteiger partial charge in [-0.3, -0.25) is 0 Å². The fraction of sp³-hybridized carbons (Fsp3) is 1.00. The van der Waals surface area contributed by atoms with E-state index >= 15 is 0 Å². The highest BCUT2D eigenvalue weighted by Crippen LogP contribution is 2.08. The van der Waals surface area contributed by atoms with Crippen molar-refractivity contribution in [1.29, 1.82) is 0 Å². The third-order valence-corrected chi connectivity index (χ3v) is 1.88. The van der Waals surface area contributed by atoms with Crippen LogP contribution in [0.15, 0.2) is 0 Å². The molecule has 0 N–H and O–H groups in total. The topological polar surface area (TPSA) is 9.23 Å². The van der Waals surface area contributed by atoms with Gasteiger partial charge in [0.15, 0.2) is 0 Å². The molecule has 0 heterocycles. The van der Waals surface area contributed by atoms with Crippen LogP contribution >= 0.6 is 0 Å². The van der Waals surface area contributed by atoms with Crippen molar-refractivity contribution in [2.75, 3.05) is 6.61 Å². The van der Waals surface area contributed by atoms with Gasteiger partial charge in [-0.25, -0.2) is 0 Å². The number of rotatable bonds is 7. The van der Waals surface area contributed by atoms with Crippen LogP contribution in [0.5, 0.6) is 0 Å². The van der Waals surface area contributed by atoms with E-state index in [9.17, 15) is 0 Å². The summed E-state index contributed by atoms with van der Waals surface area (Å²) in [5.74, 6) is 0.857. The smallest absolute Gasteiger partial charge is 0.0518 e. The maximum absolute atomic E-state index is 5.45. The predicted octanol–water partition coefficient (Wildman–Crippen LogP) is 3.63. The van der Waals surface area contributed by atoms with Gasteiger partial charge in [-0.1, -0.05) is 33.1 Å². The quantitative estimate of drug-likeness (QED) is 0.533. The van der Waals surface area contributed by atoms with Gasteiger partial charge in [0.05, 0.1) is 6.10 Å². The van der Waals surface area contributed by atoms with Crippen LogP contribution in [0.2, 0.25) is 0 Å². The first-order chi connectivity index (χ1) is 5.63. The van der Waals surface area contributed by atoms with Gasteiger partial charge >= 0.3 is 0 Å². The highest BCUT2D eigenvalue weighted by Gasteiger charge is 1.95. The molecule has 0 radical (unpaired) electrons. The summed E-state index contributed by atoms with van der Waals surface area (Å²) < 4.78 is 5.45. The van der Waals surface area contributed by atoms with Crippen LogP contribution in [0.4, 0.5) is 0 Å². The molecule has 0 unspecified atom stereocenters. The van der Waals surface area contributed by atoms with Crippen LogP contribution in [0, 0.1) is 5.92 Å². The Labute approximate surface area is 77.5 Å². The van der Waals surface area contributed by atoms with Crippen LogP contribution in [0.1, 0.15) is 53.4 Å². The molecule has 0 fully saturated rings. The number of hydrogen-bond acceptors (Lipinski definition) is 1. The van der Waals surface area contributed by atoms with Crippen molar-refractivity contribution in [3.05, 3.63) is 0 Å². The highest BCUT2D eigenvalue weighted by atomic mass is 16.5. The molecule has 0 saturated heterocycles. The lowest BCUT2D eigenvalue weighted by Gasteiger charge is -2.07. The van der Waals surface area contributed by atoms with Crippen LogP contribution in [0.3, 0.4) is 0 Å². The van der Waals surface area contributed by atoms with Gasteiger partial charge < -0.3 is 4.74 Å². The zero-order chi connectivity index (χ0) is 9.40. The lowest BCUT2D eigenvalue weighted by atomic mass is 10.1. The highest BCUT2D eigenvalue weighted by molar-refractivity contribution is 4.47. The zero-order valence-electron chi connectivity index (χ0n) is 9.10. The van der Waals surface area contributed by atoms with Crippen LogP contribution in [0.25, 0.3) is 0 Å². The molecule has 0 aliphatic carbocycles. The molecule has 0 bridgehead atoms. The van der Waals surface area contributed by atoms with Crippen molar-refractivity contribution in [2.24, 2.45) is 5.92 Å². The van der Waals surface area contributed by atoms with E-state index in [1.807, 2.05) is 0 Å². The zero-order valence-corrected chi connectivity index (χ0v) is 9.10. The van der Waals surface area contributed by atoms with E-state index < -0.39 is 0 Å². The molecule has 0 saturated carbocycles. The van der Waals surface area contributed by atoms with E-state index in [2.05, 4.69) is 27.7 Å². The standard InChI is InChI=1S/C11H24O/c1-10(2)8-6-5-7-9-12-11(3)4/h10-11H,5-9H2,1-4H3. The Hall–Kier alpha value is -0.0400. The maximum atomic E-state index is 5.45. The molecule has 0 aromatic heterocycles. The Kier molecular flexibility index (Phi) is 7.58. The van der Waals surface area contributed by atoms with Crippen molar-refractivity contribution >= 4 is 0 Å². The van der Waals surface area contributed by atoms with Crippen molar-refractivity contribution in [3.8, 4) is 0 Å². The second kappa shape index (κ2) is 7.60. The molecule has 74 valence electrons. The SMILES string of the molecule is CC(C)CCCCCOC(C)C. The summed E-state index contributed by atoms with van der Waals surface area (Å²) in [4.78, 5) is 0. The fourth-order valence-electron chi connectivity index (χ4n) is 1.15. The first kappa shape index (κ1) is 12.0. The summed E-state index contributed by atoms with van der Waals surface area (Å²) in [6.45, 7) is 9.69. The Morgan fingerprint density at radius 3 is 2.08 bits per heavy atom. The summed E-state index contributed by atoms with van der Waals surface area (Å²) in [6.07, 6.45) is 5.67. The van der Waals surface area contributed by atoms with E-state index in [1.165, 1.54) is 25.7 Å². The fourth-order valence-corrected chi connectivity index (χ4v) is 1.15. The van der Waals surface area contributed by atoms with Crippen molar-refractivity contribution < 1.29 is 4.74 Å². The van der Waals surface area contributed by atoms with Gasteiger partial charge in [-0.05, 0) is 26.2 Å². The molecule has 1 heteroatoms. The number of hydrogen-bond donors (Lipinski definition) is 0. The Morgan fingerprint density at radius 2 is 1.58 bits per heavy atom. The van der Waals surface area contributed by atoms with Gasteiger partial charge in [-0.2, -0.15) is 0 Å². The number of ether oxygens (including phenoxy) is 1. The van der Waals surface area contributed by atoms with Crippen molar-refractivity contribution in [2.45, 2.75) is 59.5 Å². The van der Waals surface area contributed by atoms with Gasteiger partial charge in [-0.15, -0.1) is 0 Å². The van der Waals surface area contributed by atoms with Crippen LogP contribution in [-0.4, -0.2) is 12.7 Å². The molecule has 0 amide bonds. The maximum Gasteiger partial charge on any atom is 0.0518 e. The van der Waals surface area contributed by atoms with E-state index in [1.54, 1.807) is 0 Å². The van der Waals surface area contributed by atoms with Gasteiger partial charge in [0, 0.05) is 6.61 Å². The summed E-state index contributed by atoms with van der Waals surface area (Å²) in [6, 6.07) is 0. The normalized spacial score (nSPS) is 11.5. The molecule has 12 heavy (non-hydrogen) atoms. The molecule has 0 rings (SSSR count). The lowest BCUT2D eigenvalue weighted by Crippen LogP contribution is -2.03. The molecule has 1 nitrogen and oxygen atoms in total. The van der Waals surface area contributed by atoms with E-state index in [0.717, 1.165) is 12.5 Å². The van der Waals surface area contributed by atoms with Crippen LogP contribution < -0.4 is 0 Å². The second-order valence-corrected chi connectivity index (χ2v) is 4.16. The summed E-state index contributed by atoms with van der Waals surface area (Å²) in [5, 5.41) is 0. The molecule has 0 atom stereocenters. The first-order valence-electron chi connectivity index (χ1n) is 5.24.